The van der Waals surface area contributed by atoms with E-state index in [9.17, 15) is 4.39 Å². The number of ether oxygens (including phenoxy) is 2. The fourth-order valence-corrected chi connectivity index (χ4v) is 4.19. The number of nitrogens with zero attached hydrogens (tertiary/aromatic N) is 1. The van der Waals surface area contributed by atoms with Gasteiger partial charge in [-0.1, -0.05) is 12.5 Å². The molecule has 2 N–H and O–H groups in total. The fraction of sp³-hybridized carbons (Fsp3) is 0.650. The summed E-state index contributed by atoms with van der Waals surface area (Å²) in [6, 6.07) is 5.53. The van der Waals surface area contributed by atoms with Gasteiger partial charge in [0.25, 0.3) is 0 Å². The number of rotatable bonds is 7. The van der Waals surface area contributed by atoms with Crippen molar-refractivity contribution in [3.05, 3.63) is 35.1 Å². The van der Waals surface area contributed by atoms with Crippen molar-refractivity contribution in [3.8, 4) is 0 Å². The van der Waals surface area contributed by atoms with Gasteiger partial charge >= 0.3 is 0 Å². The van der Waals surface area contributed by atoms with Crippen molar-refractivity contribution < 1.29 is 13.9 Å². The van der Waals surface area contributed by atoms with Crippen molar-refractivity contribution in [2.45, 2.75) is 57.9 Å². The summed E-state index contributed by atoms with van der Waals surface area (Å²) in [5, 5.41) is 6.91. The van der Waals surface area contributed by atoms with Crippen LogP contribution in [0.2, 0.25) is 0 Å². The molecule has 2 saturated carbocycles. The number of benzene rings is 1. The molecule has 1 aromatic carbocycles. The van der Waals surface area contributed by atoms with Gasteiger partial charge in [-0.25, -0.2) is 4.39 Å². The molecule has 2 aliphatic carbocycles. The van der Waals surface area contributed by atoms with Crippen LogP contribution in [0.3, 0.4) is 0 Å². The third-order valence-electron chi connectivity index (χ3n) is 5.84. The molecule has 3 rings (SSSR count). The first-order chi connectivity index (χ1) is 12.6. The zero-order chi connectivity index (χ0) is 18.6. The maximum Gasteiger partial charge on any atom is 0.191 e. The standard InChI is InChI=1S/C20H30FN3O2.HI/c1-4-26-18-11-17(20(18)8-5-9-20)24-19(22-2)23-12-14-6-7-16(21)15(10-14)13-25-3;/h6-7,10,17-18H,4-5,8-9,11-13H2,1-3H3,(H2,22,23,24);1H. The lowest BCUT2D eigenvalue weighted by atomic mass is 9.51. The van der Waals surface area contributed by atoms with Crippen LogP contribution in [0, 0.1) is 11.2 Å². The highest BCUT2D eigenvalue weighted by Gasteiger charge is 2.59. The smallest absolute Gasteiger partial charge is 0.191 e. The van der Waals surface area contributed by atoms with E-state index in [1.807, 2.05) is 6.07 Å². The molecule has 0 aliphatic heterocycles. The van der Waals surface area contributed by atoms with Gasteiger partial charge in [0.1, 0.15) is 5.82 Å². The zero-order valence-electron chi connectivity index (χ0n) is 16.4. The molecule has 0 saturated heterocycles. The number of hydrogen-bond donors (Lipinski definition) is 2. The predicted molar refractivity (Wildman–Crippen MR) is 116 cm³/mol. The molecule has 1 aromatic rings. The molecule has 2 fully saturated rings. The Hall–Kier alpha value is -0.930. The molecule has 5 nitrogen and oxygen atoms in total. The van der Waals surface area contributed by atoms with E-state index in [-0.39, 0.29) is 41.8 Å². The molecule has 7 heteroatoms. The zero-order valence-corrected chi connectivity index (χ0v) is 18.7. The predicted octanol–water partition coefficient (Wildman–Crippen LogP) is 3.60. The van der Waals surface area contributed by atoms with Crippen molar-refractivity contribution in [1.82, 2.24) is 10.6 Å². The van der Waals surface area contributed by atoms with Gasteiger partial charge in [0.05, 0.1) is 12.7 Å². The molecule has 2 aliphatic rings. The summed E-state index contributed by atoms with van der Waals surface area (Å²) in [6.45, 7) is 3.70. The van der Waals surface area contributed by atoms with Gasteiger partial charge in [0.2, 0.25) is 0 Å². The summed E-state index contributed by atoms with van der Waals surface area (Å²) in [5.41, 5.74) is 1.86. The van der Waals surface area contributed by atoms with Crippen LogP contribution in [0.1, 0.15) is 43.7 Å². The molecular weight excluding hydrogens is 460 g/mol. The second-order valence-electron chi connectivity index (χ2n) is 7.25. The van der Waals surface area contributed by atoms with Gasteiger partial charge in [-0.3, -0.25) is 4.99 Å². The number of guanidine groups is 1. The average molecular weight is 491 g/mol. The topological polar surface area (TPSA) is 54.9 Å². The molecule has 2 atom stereocenters. The van der Waals surface area contributed by atoms with Crippen LogP contribution < -0.4 is 10.6 Å². The normalized spacial score (nSPS) is 23.2. The van der Waals surface area contributed by atoms with Gasteiger partial charge in [0.15, 0.2) is 5.96 Å². The molecule has 1 spiro atoms. The second-order valence-corrected chi connectivity index (χ2v) is 7.25. The van der Waals surface area contributed by atoms with Crippen molar-refractivity contribution in [1.29, 1.82) is 0 Å². The molecule has 27 heavy (non-hydrogen) atoms. The van der Waals surface area contributed by atoms with Gasteiger partial charge in [-0.2, -0.15) is 0 Å². The number of methoxy groups -OCH3 is 1. The first-order valence-corrected chi connectivity index (χ1v) is 9.48. The molecule has 0 aromatic heterocycles. The Morgan fingerprint density at radius 3 is 2.74 bits per heavy atom. The second kappa shape index (κ2) is 10.0. The lowest BCUT2D eigenvalue weighted by Crippen LogP contribution is -2.68. The summed E-state index contributed by atoms with van der Waals surface area (Å²) in [5.74, 6) is 0.551. The Kier molecular flexibility index (Phi) is 8.30. The van der Waals surface area contributed by atoms with E-state index in [1.165, 1.54) is 25.3 Å². The van der Waals surface area contributed by atoms with E-state index < -0.39 is 0 Å². The minimum absolute atomic E-state index is 0. The van der Waals surface area contributed by atoms with E-state index >= 15 is 0 Å². The van der Waals surface area contributed by atoms with Crippen LogP contribution in [0.4, 0.5) is 4.39 Å². The molecule has 0 bridgehead atoms. The van der Waals surface area contributed by atoms with E-state index in [0.717, 1.165) is 24.6 Å². The first kappa shape index (κ1) is 22.4. The number of aliphatic imine (C=N–C) groups is 1. The van der Waals surface area contributed by atoms with Gasteiger partial charge < -0.3 is 20.1 Å². The molecular formula is C20H31FIN3O2. The number of halogens is 2. The third kappa shape index (κ3) is 4.74. The summed E-state index contributed by atoms with van der Waals surface area (Å²) >= 11 is 0. The number of hydrogen-bond acceptors (Lipinski definition) is 3. The van der Waals surface area contributed by atoms with Crippen molar-refractivity contribution in [2.24, 2.45) is 10.4 Å². The quantitative estimate of drug-likeness (QED) is 0.348. The van der Waals surface area contributed by atoms with Gasteiger partial charge in [0, 0.05) is 44.3 Å². The maximum absolute atomic E-state index is 13.7. The summed E-state index contributed by atoms with van der Waals surface area (Å²) in [4.78, 5) is 4.35. The van der Waals surface area contributed by atoms with Gasteiger partial charge in [-0.15, -0.1) is 24.0 Å². The van der Waals surface area contributed by atoms with Gasteiger partial charge in [-0.05, 0) is 43.9 Å². The number of nitrogens with one attached hydrogen (secondary N) is 2. The minimum Gasteiger partial charge on any atom is -0.380 e. The van der Waals surface area contributed by atoms with Crippen LogP contribution in [0.25, 0.3) is 0 Å². The Labute approximate surface area is 178 Å². The lowest BCUT2D eigenvalue weighted by Gasteiger charge is -2.61. The SMILES string of the molecule is CCOC1CC(NC(=NC)NCc2ccc(F)c(COC)c2)C12CCC2.I. The highest BCUT2D eigenvalue weighted by molar-refractivity contribution is 14.0. The first-order valence-electron chi connectivity index (χ1n) is 9.48. The van der Waals surface area contributed by atoms with Crippen molar-refractivity contribution in [2.75, 3.05) is 20.8 Å². The van der Waals surface area contributed by atoms with E-state index in [1.54, 1.807) is 20.2 Å². The summed E-state index contributed by atoms with van der Waals surface area (Å²) in [7, 11) is 3.35. The molecule has 0 heterocycles. The third-order valence-corrected chi connectivity index (χ3v) is 5.84. The molecule has 2 unspecified atom stereocenters. The fourth-order valence-electron chi connectivity index (χ4n) is 4.19. The van der Waals surface area contributed by atoms with Crippen molar-refractivity contribution >= 4 is 29.9 Å². The molecule has 0 amide bonds. The monoisotopic (exact) mass is 491 g/mol. The molecule has 152 valence electrons. The Morgan fingerprint density at radius 1 is 1.37 bits per heavy atom. The summed E-state index contributed by atoms with van der Waals surface area (Å²) in [6.07, 6.45) is 5.15. The Morgan fingerprint density at radius 2 is 2.15 bits per heavy atom. The lowest BCUT2D eigenvalue weighted by molar-refractivity contribution is -0.168. The van der Waals surface area contributed by atoms with Crippen LogP contribution in [-0.2, 0) is 22.6 Å². The average Bonchev–Trinajstić information content (AvgIpc) is 2.58. The minimum atomic E-state index is -0.235. The van der Waals surface area contributed by atoms with E-state index in [2.05, 4.69) is 22.5 Å². The van der Waals surface area contributed by atoms with Crippen LogP contribution in [0.5, 0.6) is 0 Å². The Bertz CT molecular complexity index is 652. The van der Waals surface area contributed by atoms with Crippen molar-refractivity contribution in [3.63, 3.8) is 0 Å². The van der Waals surface area contributed by atoms with Crippen LogP contribution >= 0.6 is 24.0 Å². The van der Waals surface area contributed by atoms with Crippen LogP contribution in [0.15, 0.2) is 23.2 Å². The molecule has 0 radical (unpaired) electrons. The largest absolute Gasteiger partial charge is 0.380 e. The highest BCUT2D eigenvalue weighted by atomic mass is 127. The maximum atomic E-state index is 13.7. The highest BCUT2D eigenvalue weighted by Crippen LogP contribution is 2.57. The Balaban J connectivity index is 0.00000261. The van der Waals surface area contributed by atoms with Crippen LogP contribution in [-0.4, -0.2) is 38.9 Å². The van der Waals surface area contributed by atoms with E-state index in [4.69, 9.17) is 9.47 Å². The summed E-state index contributed by atoms with van der Waals surface area (Å²) < 4.78 is 24.7. The van der Waals surface area contributed by atoms with E-state index in [0.29, 0.717) is 24.3 Å².